The SMILES string of the molecule is COc1ccc(C2=NOC(C(=O)NCCCc3cccs3)C2)cc1. The van der Waals surface area contributed by atoms with Gasteiger partial charge in [-0.15, -0.1) is 11.3 Å². The molecule has 0 fully saturated rings. The Labute approximate surface area is 145 Å². The topological polar surface area (TPSA) is 59.9 Å². The Bertz CT molecular complexity index is 696. The summed E-state index contributed by atoms with van der Waals surface area (Å²) in [5.41, 5.74) is 1.74. The number of methoxy groups -OCH3 is 1. The van der Waals surface area contributed by atoms with E-state index in [0.717, 1.165) is 29.9 Å². The highest BCUT2D eigenvalue weighted by Gasteiger charge is 2.28. The third-order valence-electron chi connectivity index (χ3n) is 3.86. The maximum absolute atomic E-state index is 12.2. The highest BCUT2D eigenvalue weighted by molar-refractivity contribution is 7.09. The number of hydrogen-bond acceptors (Lipinski definition) is 5. The van der Waals surface area contributed by atoms with Crippen LogP contribution in [0.4, 0.5) is 0 Å². The smallest absolute Gasteiger partial charge is 0.264 e. The summed E-state index contributed by atoms with van der Waals surface area (Å²) in [7, 11) is 1.63. The average Bonchev–Trinajstić information content (AvgIpc) is 3.30. The molecule has 1 aliphatic heterocycles. The van der Waals surface area contributed by atoms with Crippen LogP contribution in [0.3, 0.4) is 0 Å². The molecule has 0 aliphatic carbocycles. The normalized spacial score (nSPS) is 16.4. The van der Waals surface area contributed by atoms with Crippen molar-refractivity contribution in [3.63, 3.8) is 0 Å². The second-order valence-electron chi connectivity index (χ2n) is 5.54. The molecule has 24 heavy (non-hydrogen) atoms. The van der Waals surface area contributed by atoms with Crippen molar-refractivity contribution in [3.05, 3.63) is 52.2 Å². The third-order valence-corrected chi connectivity index (χ3v) is 4.80. The Balaban J connectivity index is 1.42. The van der Waals surface area contributed by atoms with E-state index in [9.17, 15) is 4.79 Å². The van der Waals surface area contributed by atoms with Crippen molar-refractivity contribution in [3.8, 4) is 5.75 Å². The van der Waals surface area contributed by atoms with Crippen LogP contribution in [0, 0.1) is 0 Å². The van der Waals surface area contributed by atoms with Crippen molar-refractivity contribution in [1.29, 1.82) is 0 Å². The number of nitrogens with one attached hydrogen (secondary N) is 1. The largest absolute Gasteiger partial charge is 0.497 e. The summed E-state index contributed by atoms with van der Waals surface area (Å²) in [6.07, 6.45) is 1.86. The van der Waals surface area contributed by atoms with E-state index in [-0.39, 0.29) is 5.91 Å². The van der Waals surface area contributed by atoms with E-state index in [0.29, 0.717) is 13.0 Å². The number of oxime groups is 1. The van der Waals surface area contributed by atoms with Gasteiger partial charge in [-0.2, -0.15) is 0 Å². The van der Waals surface area contributed by atoms with Crippen molar-refractivity contribution < 1.29 is 14.4 Å². The highest BCUT2D eigenvalue weighted by Crippen LogP contribution is 2.19. The second kappa shape index (κ2) is 7.97. The number of benzene rings is 1. The van der Waals surface area contributed by atoms with Crippen molar-refractivity contribution in [2.45, 2.75) is 25.4 Å². The van der Waals surface area contributed by atoms with Crippen molar-refractivity contribution in [2.75, 3.05) is 13.7 Å². The van der Waals surface area contributed by atoms with Crippen molar-refractivity contribution in [2.24, 2.45) is 5.16 Å². The van der Waals surface area contributed by atoms with E-state index in [4.69, 9.17) is 9.57 Å². The quantitative estimate of drug-likeness (QED) is 0.786. The van der Waals surface area contributed by atoms with Gasteiger partial charge in [-0.05, 0) is 54.1 Å². The van der Waals surface area contributed by atoms with E-state index in [2.05, 4.69) is 21.9 Å². The standard InChI is InChI=1S/C18H20N2O3S/c1-22-14-8-6-13(7-9-14)16-12-17(23-20-16)18(21)19-10-2-4-15-5-3-11-24-15/h3,5-9,11,17H,2,4,10,12H2,1H3,(H,19,21). The molecular formula is C18H20N2O3S. The number of carbonyl (C=O) groups excluding carboxylic acids is 1. The van der Waals surface area contributed by atoms with E-state index in [1.165, 1.54) is 4.88 Å². The van der Waals surface area contributed by atoms with Crippen LogP contribution in [0.25, 0.3) is 0 Å². The first-order valence-corrected chi connectivity index (χ1v) is 8.81. The number of rotatable bonds is 7. The van der Waals surface area contributed by atoms with Crippen molar-refractivity contribution >= 4 is 23.0 Å². The molecule has 0 saturated heterocycles. The number of hydrogen-bond donors (Lipinski definition) is 1. The summed E-state index contributed by atoms with van der Waals surface area (Å²) in [6.45, 7) is 0.647. The molecule has 1 atom stereocenters. The lowest BCUT2D eigenvalue weighted by atomic mass is 10.0. The van der Waals surface area contributed by atoms with Crippen LogP contribution in [0.5, 0.6) is 5.75 Å². The Kier molecular flexibility index (Phi) is 5.48. The molecular weight excluding hydrogens is 324 g/mol. The summed E-state index contributed by atoms with van der Waals surface area (Å²) in [4.78, 5) is 18.8. The van der Waals surface area contributed by atoms with Crippen LogP contribution in [0.2, 0.25) is 0 Å². The number of thiophene rings is 1. The molecule has 5 nitrogen and oxygen atoms in total. The van der Waals surface area contributed by atoms with Gasteiger partial charge in [0.25, 0.3) is 5.91 Å². The van der Waals surface area contributed by atoms with Gasteiger partial charge in [0.1, 0.15) is 5.75 Å². The highest BCUT2D eigenvalue weighted by atomic mass is 32.1. The lowest BCUT2D eigenvalue weighted by Gasteiger charge is -2.09. The Morgan fingerprint density at radius 1 is 1.38 bits per heavy atom. The zero-order valence-corrected chi connectivity index (χ0v) is 14.3. The predicted molar refractivity (Wildman–Crippen MR) is 94.7 cm³/mol. The lowest BCUT2D eigenvalue weighted by Crippen LogP contribution is -2.35. The maximum Gasteiger partial charge on any atom is 0.264 e. The summed E-state index contributed by atoms with van der Waals surface area (Å²) >= 11 is 1.74. The van der Waals surface area contributed by atoms with Gasteiger partial charge in [-0.25, -0.2) is 0 Å². The molecule has 6 heteroatoms. The van der Waals surface area contributed by atoms with Gasteiger partial charge in [-0.1, -0.05) is 11.2 Å². The third kappa shape index (κ3) is 4.14. The fourth-order valence-corrected chi connectivity index (χ4v) is 3.27. The van der Waals surface area contributed by atoms with Crippen LogP contribution >= 0.6 is 11.3 Å². The zero-order valence-electron chi connectivity index (χ0n) is 13.5. The zero-order chi connectivity index (χ0) is 16.8. The molecule has 2 aromatic rings. The van der Waals surface area contributed by atoms with Crippen LogP contribution in [0.1, 0.15) is 23.3 Å². The molecule has 2 heterocycles. The number of carbonyl (C=O) groups is 1. The minimum absolute atomic E-state index is 0.103. The molecule has 0 saturated carbocycles. The molecule has 1 aliphatic rings. The maximum atomic E-state index is 12.2. The molecule has 3 rings (SSSR count). The van der Waals surface area contributed by atoms with Gasteiger partial charge in [0, 0.05) is 17.8 Å². The molecule has 1 unspecified atom stereocenters. The van der Waals surface area contributed by atoms with E-state index >= 15 is 0 Å². The first-order chi connectivity index (χ1) is 11.8. The first kappa shape index (κ1) is 16.5. The number of aryl methyl sites for hydroxylation is 1. The van der Waals surface area contributed by atoms with Crippen LogP contribution in [-0.2, 0) is 16.1 Å². The minimum Gasteiger partial charge on any atom is -0.497 e. The average molecular weight is 344 g/mol. The lowest BCUT2D eigenvalue weighted by molar-refractivity contribution is -0.131. The first-order valence-electron chi connectivity index (χ1n) is 7.93. The molecule has 0 radical (unpaired) electrons. The van der Waals surface area contributed by atoms with Gasteiger partial charge in [0.15, 0.2) is 0 Å². The summed E-state index contributed by atoms with van der Waals surface area (Å²) < 4.78 is 5.14. The van der Waals surface area contributed by atoms with Gasteiger partial charge < -0.3 is 14.9 Å². The minimum atomic E-state index is -0.538. The van der Waals surface area contributed by atoms with Crippen molar-refractivity contribution in [1.82, 2.24) is 5.32 Å². The van der Waals surface area contributed by atoms with Gasteiger partial charge in [0.05, 0.1) is 12.8 Å². The van der Waals surface area contributed by atoms with Gasteiger partial charge in [0.2, 0.25) is 6.10 Å². The molecule has 1 aromatic carbocycles. The van der Waals surface area contributed by atoms with E-state index < -0.39 is 6.10 Å². The Morgan fingerprint density at radius 3 is 2.92 bits per heavy atom. The molecule has 1 N–H and O–H groups in total. The summed E-state index contributed by atoms with van der Waals surface area (Å²) in [5.74, 6) is 0.687. The van der Waals surface area contributed by atoms with Gasteiger partial charge in [-0.3, -0.25) is 4.79 Å². The molecule has 0 spiro atoms. The van der Waals surface area contributed by atoms with Crippen LogP contribution in [-0.4, -0.2) is 31.4 Å². The van der Waals surface area contributed by atoms with E-state index in [1.54, 1.807) is 18.4 Å². The Hall–Kier alpha value is -2.34. The summed E-state index contributed by atoms with van der Waals surface area (Å²) in [5, 5.41) is 9.04. The predicted octanol–water partition coefficient (Wildman–Crippen LogP) is 3.00. The second-order valence-corrected chi connectivity index (χ2v) is 6.57. The number of ether oxygens (including phenoxy) is 1. The summed E-state index contributed by atoms with van der Waals surface area (Å²) in [6, 6.07) is 11.7. The molecule has 1 amide bonds. The van der Waals surface area contributed by atoms with Crippen LogP contribution in [0.15, 0.2) is 46.9 Å². The fraction of sp³-hybridized carbons (Fsp3) is 0.333. The fourth-order valence-electron chi connectivity index (χ4n) is 2.51. The molecule has 126 valence electrons. The van der Waals surface area contributed by atoms with Crippen LogP contribution < -0.4 is 10.1 Å². The van der Waals surface area contributed by atoms with Gasteiger partial charge >= 0.3 is 0 Å². The monoisotopic (exact) mass is 344 g/mol. The molecule has 0 bridgehead atoms. The number of amides is 1. The Morgan fingerprint density at radius 2 is 2.21 bits per heavy atom. The van der Waals surface area contributed by atoms with E-state index in [1.807, 2.05) is 30.3 Å². The number of nitrogens with zero attached hydrogens (tertiary/aromatic N) is 1. The molecule has 1 aromatic heterocycles.